The summed E-state index contributed by atoms with van der Waals surface area (Å²) in [5.74, 6) is 0.0782. The Morgan fingerprint density at radius 1 is 1.45 bits per heavy atom. The fourth-order valence-corrected chi connectivity index (χ4v) is 2.85. The van der Waals surface area contributed by atoms with Gasteiger partial charge in [0.2, 0.25) is 5.70 Å². The molecule has 0 heterocycles. The number of benzene rings is 1. The fraction of sp³-hybridized carbons (Fsp3) is 0.400. The minimum atomic E-state index is -0.973. The first-order valence-electron chi connectivity index (χ1n) is 6.85. The molecule has 0 saturated carbocycles. The van der Waals surface area contributed by atoms with Crippen LogP contribution in [-0.4, -0.2) is 15.8 Å². The van der Waals surface area contributed by atoms with Crippen molar-refractivity contribution in [1.29, 1.82) is 0 Å². The van der Waals surface area contributed by atoms with Crippen molar-refractivity contribution in [3.8, 4) is 0 Å². The van der Waals surface area contributed by atoms with E-state index >= 15 is 0 Å². The van der Waals surface area contributed by atoms with Crippen molar-refractivity contribution >= 4 is 28.8 Å². The van der Waals surface area contributed by atoms with Crippen molar-refractivity contribution in [3.05, 3.63) is 52.2 Å². The first-order chi connectivity index (χ1) is 10.4. The van der Waals surface area contributed by atoms with Gasteiger partial charge in [0.15, 0.2) is 5.44 Å². The summed E-state index contributed by atoms with van der Waals surface area (Å²) in [7, 11) is 0. The molecule has 2 atom stereocenters. The van der Waals surface area contributed by atoms with Crippen LogP contribution in [0, 0.1) is 16.0 Å². The van der Waals surface area contributed by atoms with E-state index in [-0.39, 0.29) is 18.0 Å². The maximum atomic E-state index is 11.2. The molecule has 0 saturated heterocycles. The predicted molar refractivity (Wildman–Crippen MR) is 87.6 cm³/mol. The Morgan fingerprint density at radius 2 is 2.09 bits per heavy atom. The van der Waals surface area contributed by atoms with Gasteiger partial charge in [-0.1, -0.05) is 43.8 Å². The zero-order chi connectivity index (χ0) is 16.5. The van der Waals surface area contributed by atoms with Gasteiger partial charge >= 0.3 is 5.43 Å². The zero-order valence-corrected chi connectivity index (χ0v) is 14.0. The molecule has 0 bridgehead atoms. The minimum absolute atomic E-state index is 0.00460. The van der Waals surface area contributed by atoms with E-state index in [1.54, 1.807) is 6.08 Å². The summed E-state index contributed by atoms with van der Waals surface area (Å²) in [6.45, 7) is 3.85. The Balaban J connectivity index is 2.88. The zero-order valence-electron chi connectivity index (χ0n) is 12.4. The summed E-state index contributed by atoms with van der Waals surface area (Å²) in [6, 6.07) is 9.21. The molecule has 0 radical (unpaired) electrons. The van der Waals surface area contributed by atoms with Crippen LogP contribution in [0.25, 0.3) is 0 Å². The van der Waals surface area contributed by atoms with Crippen molar-refractivity contribution < 1.29 is 14.5 Å². The third-order valence-electron chi connectivity index (χ3n) is 2.97. The van der Waals surface area contributed by atoms with Crippen molar-refractivity contribution in [1.82, 2.24) is 0 Å². The minimum Gasteiger partial charge on any atom is -0.438 e. The monoisotopic (exact) mass is 343 g/mol. The Kier molecular flexibility index (Phi) is 7.98. The molecular weight excluding hydrogens is 326 g/mol. The molecule has 1 aromatic rings. The summed E-state index contributed by atoms with van der Waals surface area (Å²) in [5, 5.41) is 11.2. The first kappa shape index (κ1) is 18.5. The number of carbonyl (C=O) groups excluding carboxylic acids is 1. The molecule has 0 aliphatic rings. The highest BCUT2D eigenvalue weighted by Crippen LogP contribution is 2.29. The standard InChI is InChI=1S/C15H18ClNO4S/c1-3-11(2)9-12(17(19)20)10-14(21-15(16)18)22-13-7-5-4-6-8-13/h4-9,11,14H,3,10H2,1-2H3/b12-9+. The number of allylic oxidation sites excluding steroid dienone is 1. The Bertz CT molecular complexity index is 536. The lowest BCUT2D eigenvalue weighted by molar-refractivity contribution is -0.429. The van der Waals surface area contributed by atoms with E-state index in [2.05, 4.69) is 0 Å². The number of nitro groups is 1. The molecule has 0 aliphatic heterocycles. The average Bonchev–Trinajstić information content (AvgIpc) is 2.46. The maximum absolute atomic E-state index is 11.2. The molecule has 0 N–H and O–H groups in total. The topological polar surface area (TPSA) is 69.4 Å². The van der Waals surface area contributed by atoms with Gasteiger partial charge in [0.1, 0.15) is 0 Å². The molecular formula is C15H18ClNO4S. The van der Waals surface area contributed by atoms with Crippen LogP contribution in [0.1, 0.15) is 26.7 Å². The lowest BCUT2D eigenvalue weighted by Gasteiger charge is -2.15. The number of halogens is 1. The molecule has 22 heavy (non-hydrogen) atoms. The summed E-state index contributed by atoms with van der Waals surface area (Å²) >= 11 is 6.50. The second-order valence-corrected chi connectivity index (χ2v) is 6.26. The molecule has 5 nitrogen and oxygen atoms in total. The molecule has 0 aliphatic carbocycles. The summed E-state index contributed by atoms with van der Waals surface area (Å²) in [4.78, 5) is 22.6. The number of hydrogen-bond donors (Lipinski definition) is 0. The van der Waals surface area contributed by atoms with Crippen molar-refractivity contribution in [2.75, 3.05) is 0 Å². The van der Waals surface area contributed by atoms with Gasteiger partial charge in [-0.3, -0.25) is 10.1 Å². The number of thioether (sulfide) groups is 1. The predicted octanol–water partition coefficient (Wildman–Crippen LogP) is 5.08. The van der Waals surface area contributed by atoms with Crippen LogP contribution >= 0.6 is 23.4 Å². The SMILES string of the molecule is CCC(C)/C=C(\CC(OC(=O)Cl)Sc1ccccc1)[N+](=O)[O-]. The van der Waals surface area contributed by atoms with Crippen LogP contribution in [-0.2, 0) is 4.74 Å². The van der Waals surface area contributed by atoms with Gasteiger partial charge < -0.3 is 4.74 Å². The first-order valence-corrected chi connectivity index (χ1v) is 8.11. The number of hydrogen-bond acceptors (Lipinski definition) is 5. The summed E-state index contributed by atoms with van der Waals surface area (Å²) in [5.41, 5.74) is -1.69. The van der Waals surface area contributed by atoms with Gasteiger partial charge in [-0.15, -0.1) is 0 Å². The van der Waals surface area contributed by atoms with Crippen molar-refractivity contribution in [2.45, 2.75) is 37.0 Å². The van der Waals surface area contributed by atoms with E-state index in [1.807, 2.05) is 44.2 Å². The number of nitrogens with zero attached hydrogens (tertiary/aromatic N) is 1. The van der Waals surface area contributed by atoms with E-state index in [4.69, 9.17) is 16.3 Å². The van der Waals surface area contributed by atoms with Crippen molar-refractivity contribution in [2.24, 2.45) is 5.92 Å². The van der Waals surface area contributed by atoms with E-state index < -0.39 is 15.8 Å². The largest absolute Gasteiger partial charge is 0.438 e. The molecule has 1 aromatic carbocycles. The van der Waals surface area contributed by atoms with Gasteiger partial charge in [0, 0.05) is 16.5 Å². The summed E-state index contributed by atoms with van der Waals surface area (Å²) in [6.07, 6.45) is 2.39. The highest BCUT2D eigenvalue weighted by molar-refractivity contribution is 7.99. The van der Waals surface area contributed by atoms with Crippen LogP contribution in [0.3, 0.4) is 0 Å². The smallest absolute Gasteiger partial charge is 0.404 e. The van der Waals surface area contributed by atoms with Gasteiger partial charge in [-0.2, -0.15) is 0 Å². The third kappa shape index (κ3) is 6.95. The lowest BCUT2D eigenvalue weighted by Crippen LogP contribution is -2.15. The molecule has 0 spiro atoms. The van der Waals surface area contributed by atoms with E-state index in [0.29, 0.717) is 0 Å². The number of rotatable bonds is 8. The average molecular weight is 344 g/mol. The summed E-state index contributed by atoms with van der Waals surface area (Å²) < 4.78 is 4.99. The van der Waals surface area contributed by atoms with Crippen LogP contribution in [0.4, 0.5) is 4.79 Å². The quantitative estimate of drug-likeness (QED) is 0.216. The molecule has 120 valence electrons. The van der Waals surface area contributed by atoms with E-state index in [0.717, 1.165) is 11.3 Å². The van der Waals surface area contributed by atoms with Gasteiger partial charge in [-0.05, 0) is 30.5 Å². The highest BCUT2D eigenvalue weighted by Gasteiger charge is 2.23. The lowest BCUT2D eigenvalue weighted by atomic mass is 10.1. The maximum Gasteiger partial charge on any atom is 0.404 e. The van der Waals surface area contributed by atoms with Gasteiger partial charge in [-0.25, -0.2) is 4.79 Å². The second kappa shape index (κ2) is 9.48. The number of ether oxygens (including phenoxy) is 1. The Labute approximate surface area is 138 Å². The fourth-order valence-electron chi connectivity index (χ4n) is 1.68. The van der Waals surface area contributed by atoms with Crippen LogP contribution < -0.4 is 0 Å². The molecule has 0 fully saturated rings. The molecule has 2 unspecified atom stereocenters. The third-order valence-corrected chi connectivity index (χ3v) is 4.13. The highest BCUT2D eigenvalue weighted by atomic mass is 35.5. The van der Waals surface area contributed by atoms with E-state index in [9.17, 15) is 14.9 Å². The van der Waals surface area contributed by atoms with Crippen molar-refractivity contribution in [3.63, 3.8) is 0 Å². The molecule has 7 heteroatoms. The van der Waals surface area contributed by atoms with E-state index in [1.165, 1.54) is 11.8 Å². The van der Waals surface area contributed by atoms with Crippen LogP contribution in [0.2, 0.25) is 0 Å². The normalized spacial score (nSPS) is 14.2. The molecule has 1 rings (SSSR count). The number of carbonyl (C=O) groups is 1. The van der Waals surface area contributed by atoms with Crippen LogP contribution in [0.15, 0.2) is 47.0 Å². The van der Waals surface area contributed by atoms with Gasteiger partial charge in [0.05, 0.1) is 11.3 Å². The Hall–Kier alpha value is -1.53. The molecule has 0 aromatic heterocycles. The second-order valence-electron chi connectivity index (χ2n) is 4.72. The van der Waals surface area contributed by atoms with Gasteiger partial charge in [0.25, 0.3) is 0 Å². The Morgan fingerprint density at radius 3 is 2.59 bits per heavy atom. The molecule has 0 amide bonds. The van der Waals surface area contributed by atoms with Crippen LogP contribution in [0.5, 0.6) is 0 Å².